The summed E-state index contributed by atoms with van der Waals surface area (Å²) in [6.45, 7) is 1.87. The zero-order valence-corrected chi connectivity index (χ0v) is 8.89. The molecule has 2 atom stereocenters. The quantitative estimate of drug-likeness (QED) is 0.832. The topological polar surface area (TPSA) is 24.9 Å². The van der Waals surface area contributed by atoms with Crippen LogP contribution in [0.1, 0.15) is 17.8 Å². The molecule has 4 heteroatoms. The maximum absolute atomic E-state index is 13.8. The molecule has 78 valence electrons. The minimum atomic E-state index is -0.728. The van der Waals surface area contributed by atoms with Crippen LogP contribution in [-0.4, -0.2) is 24.2 Å². The number of alkyl halides is 1. The van der Waals surface area contributed by atoms with Gasteiger partial charge >= 0.3 is 0 Å². The Bertz CT molecular complexity index is 257. The maximum atomic E-state index is 13.8. The van der Waals surface area contributed by atoms with Crippen molar-refractivity contribution < 1.29 is 4.39 Å². The molecule has 1 aliphatic heterocycles. The molecule has 0 aromatic carbocycles. The van der Waals surface area contributed by atoms with Gasteiger partial charge in [0.15, 0.2) is 0 Å². The first-order chi connectivity index (χ1) is 6.86. The van der Waals surface area contributed by atoms with Crippen LogP contribution in [0, 0.1) is 5.92 Å². The second-order valence-electron chi connectivity index (χ2n) is 3.75. The fourth-order valence-corrected chi connectivity index (χ4v) is 2.53. The van der Waals surface area contributed by atoms with Gasteiger partial charge in [0.2, 0.25) is 0 Å². The molecule has 1 aliphatic rings. The first-order valence-electron chi connectivity index (χ1n) is 5.09. The number of nitrogens with one attached hydrogen (secondary N) is 1. The van der Waals surface area contributed by atoms with E-state index in [1.165, 1.54) is 0 Å². The third-order valence-corrected chi connectivity index (χ3v) is 3.50. The third-order valence-electron chi connectivity index (χ3n) is 2.70. The minimum absolute atomic E-state index is 0.188. The highest BCUT2D eigenvalue weighted by Gasteiger charge is 2.23. The number of aromatic nitrogens is 1. The molecule has 0 radical (unpaired) electrons. The highest BCUT2D eigenvalue weighted by atomic mass is 32.1. The number of rotatable bonds is 3. The molecular weight excluding hydrogens is 199 g/mol. The second kappa shape index (κ2) is 4.84. The molecule has 2 unspecified atom stereocenters. The summed E-state index contributed by atoms with van der Waals surface area (Å²) in [7, 11) is 0. The standard InChI is InChI=1S/C10H15FN2S/c11-9(6-10-13-4-5-14-10)8-2-1-3-12-7-8/h4-5,8-9,12H,1-3,6-7H2. The van der Waals surface area contributed by atoms with Crippen molar-refractivity contribution in [2.75, 3.05) is 13.1 Å². The van der Waals surface area contributed by atoms with Gasteiger partial charge in [0.25, 0.3) is 0 Å². The van der Waals surface area contributed by atoms with E-state index in [1.807, 2.05) is 5.38 Å². The smallest absolute Gasteiger partial charge is 0.110 e. The molecule has 1 aromatic rings. The van der Waals surface area contributed by atoms with Crippen molar-refractivity contribution in [1.29, 1.82) is 0 Å². The molecule has 0 amide bonds. The van der Waals surface area contributed by atoms with Crippen molar-refractivity contribution in [3.05, 3.63) is 16.6 Å². The Morgan fingerprint density at radius 2 is 2.64 bits per heavy atom. The molecule has 2 heterocycles. The van der Waals surface area contributed by atoms with Crippen LogP contribution in [0.4, 0.5) is 4.39 Å². The molecule has 2 rings (SSSR count). The van der Waals surface area contributed by atoms with Crippen LogP contribution in [0.5, 0.6) is 0 Å². The monoisotopic (exact) mass is 214 g/mol. The predicted molar refractivity (Wildman–Crippen MR) is 56.3 cm³/mol. The predicted octanol–water partition coefficient (Wildman–Crippen LogP) is 2.02. The molecule has 0 aliphatic carbocycles. The summed E-state index contributed by atoms with van der Waals surface area (Å²) < 4.78 is 13.8. The summed E-state index contributed by atoms with van der Waals surface area (Å²) in [6, 6.07) is 0. The lowest BCUT2D eigenvalue weighted by molar-refractivity contribution is 0.191. The molecule has 1 fully saturated rings. The first-order valence-corrected chi connectivity index (χ1v) is 5.97. The van der Waals surface area contributed by atoms with Gasteiger partial charge in [-0.1, -0.05) is 0 Å². The van der Waals surface area contributed by atoms with E-state index in [1.54, 1.807) is 17.5 Å². The number of thiazole rings is 1. The summed E-state index contributed by atoms with van der Waals surface area (Å²) in [6.07, 6.45) is 3.62. The number of hydrogen-bond donors (Lipinski definition) is 1. The van der Waals surface area contributed by atoms with E-state index in [0.717, 1.165) is 30.9 Å². The summed E-state index contributed by atoms with van der Waals surface area (Å²) in [4.78, 5) is 4.11. The van der Waals surface area contributed by atoms with Crippen molar-refractivity contribution in [2.45, 2.75) is 25.4 Å². The van der Waals surface area contributed by atoms with Gasteiger partial charge in [-0.3, -0.25) is 0 Å². The van der Waals surface area contributed by atoms with Crippen molar-refractivity contribution in [3.8, 4) is 0 Å². The van der Waals surface area contributed by atoms with Crippen LogP contribution in [0.25, 0.3) is 0 Å². The lowest BCUT2D eigenvalue weighted by Crippen LogP contribution is -2.35. The Kier molecular flexibility index (Phi) is 3.48. The van der Waals surface area contributed by atoms with Crippen LogP contribution in [0.3, 0.4) is 0 Å². The lowest BCUT2D eigenvalue weighted by atomic mass is 9.93. The van der Waals surface area contributed by atoms with Gasteiger partial charge in [-0.2, -0.15) is 0 Å². The van der Waals surface area contributed by atoms with E-state index < -0.39 is 6.17 Å². The zero-order chi connectivity index (χ0) is 9.80. The molecular formula is C10H15FN2S. The SMILES string of the molecule is FC(Cc1nccs1)C1CCCNC1. The second-order valence-corrected chi connectivity index (χ2v) is 4.73. The van der Waals surface area contributed by atoms with E-state index in [9.17, 15) is 4.39 Å². The van der Waals surface area contributed by atoms with Crippen molar-refractivity contribution >= 4 is 11.3 Å². The van der Waals surface area contributed by atoms with Gasteiger partial charge in [-0.15, -0.1) is 11.3 Å². The summed E-state index contributed by atoms with van der Waals surface area (Å²) in [5.74, 6) is 0.188. The van der Waals surface area contributed by atoms with E-state index in [4.69, 9.17) is 0 Å². The Morgan fingerprint density at radius 3 is 3.29 bits per heavy atom. The van der Waals surface area contributed by atoms with Gasteiger partial charge in [0.05, 0.1) is 5.01 Å². The average Bonchev–Trinajstić information content (AvgIpc) is 2.72. The molecule has 14 heavy (non-hydrogen) atoms. The van der Waals surface area contributed by atoms with E-state index >= 15 is 0 Å². The fraction of sp³-hybridized carbons (Fsp3) is 0.700. The van der Waals surface area contributed by atoms with Crippen LogP contribution in [0.2, 0.25) is 0 Å². The highest BCUT2D eigenvalue weighted by molar-refractivity contribution is 7.09. The number of nitrogens with zero attached hydrogens (tertiary/aromatic N) is 1. The number of piperidine rings is 1. The Labute approximate surface area is 87.6 Å². The van der Waals surface area contributed by atoms with Crippen molar-refractivity contribution in [2.24, 2.45) is 5.92 Å². The molecule has 0 spiro atoms. The summed E-state index contributed by atoms with van der Waals surface area (Å²) >= 11 is 1.54. The molecule has 0 saturated carbocycles. The van der Waals surface area contributed by atoms with E-state index in [2.05, 4.69) is 10.3 Å². The van der Waals surface area contributed by atoms with Gasteiger partial charge in [-0.25, -0.2) is 9.37 Å². The average molecular weight is 214 g/mol. The summed E-state index contributed by atoms with van der Waals surface area (Å²) in [5, 5.41) is 6.06. The van der Waals surface area contributed by atoms with Crippen LogP contribution in [-0.2, 0) is 6.42 Å². The minimum Gasteiger partial charge on any atom is -0.316 e. The molecule has 0 bridgehead atoms. The summed E-state index contributed by atoms with van der Waals surface area (Å²) in [5.41, 5.74) is 0. The molecule has 1 saturated heterocycles. The molecule has 1 N–H and O–H groups in total. The van der Waals surface area contributed by atoms with Gasteiger partial charge in [-0.05, 0) is 19.4 Å². The van der Waals surface area contributed by atoms with E-state index in [0.29, 0.717) is 6.42 Å². The zero-order valence-electron chi connectivity index (χ0n) is 8.08. The van der Waals surface area contributed by atoms with Gasteiger partial charge < -0.3 is 5.32 Å². The highest BCUT2D eigenvalue weighted by Crippen LogP contribution is 2.21. The van der Waals surface area contributed by atoms with Gasteiger partial charge in [0.1, 0.15) is 6.17 Å². The van der Waals surface area contributed by atoms with Crippen LogP contribution < -0.4 is 5.32 Å². The van der Waals surface area contributed by atoms with Gasteiger partial charge in [0, 0.05) is 30.5 Å². The van der Waals surface area contributed by atoms with Crippen molar-refractivity contribution in [3.63, 3.8) is 0 Å². The molecule has 2 nitrogen and oxygen atoms in total. The normalized spacial score (nSPS) is 24.8. The third kappa shape index (κ3) is 2.51. The number of hydrogen-bond acceptors (Lipinski definition) is 3. The fourth-order valence-electron chi connectivity index (χ4n) is 1.87. The Morgan fingerprint density at radius 1 is 1.71 bits per heavy atom. The van der Waals surface area contributed by atoms with Crippen LogP contribution >= 0.6 is 11.3 Å². The van der Waals surface area contributed by atoms with E-state index in [-0.39, 0.29) is 5.92 Å². The Balaban J connectivity index is 1.85. The van der Waals surface area contributed by atoms with Crippen molar-refractivity contribution in [1.82, 2.24) is 10.3 Å². The van der Waals surface area contributed by atoms with Crippen LogP contribution in [0.15, 0.2) is 11.6 Å². The number of halogens is 1. The lowest BCUT2D eigenvalue weighted by Gasteiger charge is -2.25. The largest absolute Gasteiger partial charge is 0.316 e. The maximum Gasteiger partial charge on any atom is 0.110 e. The molecule has 1 aromatic heterocycles. The Hall–Kier alpha value is -0.480. The first kappa shape index (κ1) is 10.1.